The Balaban J connectivity index is 1.28. The zero-order valence-electron chi connectivity index (χ0n) is 24.3. The van der Waals surface area contributed by atoms with Crippen LogP contribution < -0.4 is 9.55 Å². The summed E-state index contributed by atoms with van der Waals surface area (Å²) in [6, 6.07) is 54.4. The third-order valence-electron chi connectivity index (χ3n) is 8.32. The maximum atomic E-state index is 9.48. The third kappa shape index (κ3) is 4.90. The van der Waals surface area contributed by atoms with Gasteiger partial charge in [0, 0.05) is 33.9 Å². The monoisotopic (exact) mass is 580 g/mol. The van der Waals surface area contributed by atoms with Gasteiger partial charge in [0.2, 0.25) is 0 Å². The minimum atomic E-state index is 0.466. The van der Waals surface area contributed by atoms with Gasteiger partial charge in [-0.2, -0.15) is 0 Å². The Bertz CT molecular complexity index is 2180. The molecule has 0 fully saturated rings. The van der Waals surface area contributed by atoms with Gasteiger partial charge in [0.25, 0.3) is 0 Å². The molecule has 4 nitrogen and oxygen atoms in total. The Morgan fingerprint density at radius 3 is 1.64 bits per heavy atom. The van der Waals surface area contributed by atoms with Crippen LogP contribution in [0.5, 0.6) is 5.75 Å². The molecule has 1 aromatic heterocycles. The van der Waals surface area contributed by atoms with Crippen LogP contribution in [0.4, 0.5) is 17.1 Å². The van der Waals surface area contributed by atoms with Crippen molar-refractivity contribution in [3.05, 3.63) is 158 Å². The molecule has 0 saturated heterocycles. The second-order valence-electron chi connectivity index (χ2n) is 11.0. The first-order valence-corrected chi connectivity index (χ1v) is 14.9. The molecule has 1 radical (unpaired) electrons. The van der Waals surface area contributed by atoms with Gasteiger partial charge in [0.05, 0.1) is 0 Å². The van der Waals surface area contributed by atoms with Crippen LogP contribution in [0.2, 0.25) is 0 Å². The first-order valence-electron chi connectivity index (χ1n) is 14.9. The van der Waals surface area contributed by atoms with E-state index in [0.717, 1.165) is 55.3 Å². The highest BCUT2D eigenvalue weighted by Gasteiger charge is 2.19. The van der Waals surface area contributed by atoms with Gasteiger partial charge >= 0.3 is 7.69 Å². The third-order valence-corrected chi connectivity index (χ3v) is 8.32. The number of furan rings is 1. The second kappa shape index (κ2) is 11.4. The van der Waals surface area contributed by atoms with Crippen molar-refractivity contribution >= 4 is 57.5 Å². The first kappa shape index (κ1) is 26.8. The van der Waals surface area contributed by atoms with E-state index in [-0.39, 0.29) is 0 Å². The highest BCUT2D eigenvalue weighted by molar-refractivity contribution is 6.23. The molecule has 8 aromatic rings. The van der Waals surface area contributed by atoms with Crippen molar-refractivity contribution in [1.29, 1.82) is 0 Å². The van der Waals surface area contributed by atoms with E-state index >= 15 is 0 Å². The Morgan fingerprint density at radius 1 is 0.511 bits per heavy atom. The zero-order valence-corrected chi connectivity index (χ0v) is 24.3. The van der Waals surface area contributed by atoms with Gasteiger partial charge in [0.15, 0.2) is 5.58 Å². The summed E-state index contributed by atoms with van der Waals surface area (Å²) in [5.74, 6) is 0.466. The summed E-state index contributed by atoms with van der Waals surface area (Å²) < 4.78 is 12.0. The molecule has 0 atom stereocenters. The lowest BCUT2D eigenvalue weighted by atomic mass is 10.0. The largest absolute Gasteiger partial charge is 0.569 e. The van der Waals surface area contributed by atoms with Crippen LogP contribution in [0.15, 0.2) is 162 Å². The lowest BCUT2D eigenvalue weighted by Gasteiger charge is -2.26. The average Bonchev–Trinajstić information content (AvgIpc) is 3.50. The predicted octanol–water partition coefficient (Wildman–Crippen LogP) is 10.4. The van der Waals surface area contributed by atoms with Crippen LogP contribution in [0, 0.1) is 0 Å². The summed E-state index contributed by atoms with van der Waals surface area (Å²) in [5, 5.41) is 13.5. The van der Waals surface area contributed by atoms with Gasteiger partial charge in [-0.1, -0.05) is 109 Å². The topological polar surface area (TPSA) is 45.8 Å². The smallest absolute Gasteiger partial charge is 0.535 e. The van der Waals surface area contributed by atoms with Gasteiger partial charge in [-0.05, 0) is 75.5 Å². The first-order chi connectivity index (χ1) is 22.3. The van der Waals surface area contributed by atoms with Crippen LogP contribution in [-0.2, 0) is 0 Å². The number of nitrogens with zero attached hydrogens (tertiary/aromatic N) is 1. The molecular weight excluding hydrogens is 553 g/mol. The van der Waals surface area contributed by atoms with E-state index in [1.807, 2.05) is 36.4 Å². The van der Waals surface area contributed by atoms with E-state index in [2.05, 4.69) is 126 Å². The molecule has 0 spiro atoms. The molecular formula is C40H27BNO3. The van der Waals surface area contributed by atoms with Gasteiger partial charge in [-0.25, -0.2) is 0 Å². The molecule has 0 bridgehead atoms. The number of hydrogen-bond donors (Lipinski definition) is 1. The fourth-order valence-corrected chi connectivity index (χ4v) is 6.18. The number of rotatable bonds is 7. The standard InChI is InChI=1S/C40H27BNO3/c43-41-45-38-25-31-13-7-8-14-35(31)39-36-24-23-34(26-37(36)44-40(38)39)42(32-19-15-29(16-20-32)27-9-3-1-4-10-27)33-21-17-30(18-22-33)28-11-5-2-6-12-28/h1-26,43H. The van der Waals surface area contributed by atoms with E-state index in [1.54, 1.807) is 0 Å². The van der Waals surface area contributed by atoms with Crippen LogP contribution in [0.1, 0.15) is 0 Å². The van der Waals surface area contributed by atoms with Gasteiger partial charge < -0.3 is 19.0 Å². The Morgan fingerprint density at radius 2 is 1.04 bits per heavy atom. The van der Waals surface area contributed by atoms with Crippen molar-refractivity contribution in [1.82, 2.24) is 0 Å². The zero-order chi connectivity index (χ0) is 30.2. The molecule has 0 unspecified atom stereocenters. The minimum absolute atomic E-state index is 0.466. The van der Waals surface area contributed by atoms with Crippen LogP contribution in [-0.4, -0.2) is 12.7 Å². The van der Waals surface area contributed by atoms with Crippen molar-refractivity contribution in [2.75, 3.05) is 4.90 Å². The molecule has 213 valence electrons. The van der Waals surface area contributed by atoms with E-state index in [1.165, 1.54) is 11.1 Å². The van der Waals surface area contributed by atoms with Gasteiger partial charge in [0.1, 0.15) is 11.3 Å². The van der Waals surface area contributed by atoms with E-state index in [4.69, 9.17) is 9.07 Å². The predicted molar refractivity (Wildman–Crippen MR) is 185 cm³/mol. The Labute approximate surface area is 261 Å². The van der Waals surface area contributed by atoms with Crippen molar-refractivity contribution in [2.45, 2.75) is 0 Å². The normalized spacial score (nSPS) is 11.2. The van der Waals surface area contributed by atoms with Crippen molar-refractivity contribution in [3.8, 4) is 28.0 Å². The fraction of sp³-hybridized carbons (Fsp3) is 0. The van der Waals surface area contributed by atoms with E-state index in [0.29, 0.717) is 19.0 Å². The Hall–Kier alpha value is -5.78. The van der Waals surface area contributed by atoms with E-state index < -0.39 is 0 Å². The Kier molecular flexibility index (Phi) is 6.78. The molecule has 1 heterocycles. The molecule has 0 aliphatic heterocycles. The molecule has 0 aliphatic carbocycles. The fourth-order valence-electron chi connectivity index (χ4n) is 6.18. The molecule has 0 amide bonds. The molecule has 0 aliphatic rings. The van der Waals surface area contributed by atoms with Crippen molar-refractivity contribution in [3.63, 3.8) is 0 Å². The quantitative estimate of drug-likeness (QED) is 0.191. The highest BCUT2D eigenvalue weighted by Crippen LogP contribution is 2.43. The van der Waals surface area contributed by atoms with Crippen LogP contribution in [0.3, 0.4) is 0 Å². The SMILES string of the molecule is O[B]Oc1cc2ccccc2c2c1oc1cc(N(c3ccc(-c4ccccc4)cc3)c3ccc(-c4ccccc4)cc3)ccc12. The number of anilines is 3. The summed E-state index contributed by atoms with van der Waals surface area (Å²) in [5.41, 5.74) is 9.02. The maximum Gasteiger partial charge on any atom is 0.569 e. The summed E-state index contributed by atoms with van der Waals surface area (Å²) in [6.45, 7) is 0. The molecule has 7 aromatic carbocycles. The minimum Gasteiger partial charge on any atom is -0.535 e. The maximum absolute atomic E-state index is 9.48. The summed E-state index contributed by atoms with van der Waals surface area (Å²) in [6.07, 6.45) is 0. The molecule has 45 heavy (non-hydrogen) atoms. The van der Waals surface area contributed by atoms with Crippen LogP contribution in [0.25, 0.3) is 55.0 Å². The summed E-state index contributed by atoms with van der Waals surface area (Å²) in [4.78, 5) is 2.24. The lowest BCUT2D eigenvalue weighted by Crippen LogP contribution is -2.09. The molecule has 1 N–H and O–H groups in total. The summed E-state index contributed by atoms with van der Waals surface area (Å²) >= 11 is 0. The average molecular weight is 580 g/mol. The lowest BCUT2D eigenvalue weighted by molar-refractivity contribution is 0.451. The van der Waals surface area contributed by atoms with Crippen molar-refractivity contribution in [2.24, 2.45) is 0 Å². The number of benzene rings is 7. The molecule has 5 heteroatoms. The van der Waals surface area contributed by atoms with Gasteiger partial charge in [-0.3, -0.25) is 0 Å². The molecule has 0 saturated carbocycles. The molecule has 8 rings (SSSR count). The van der Waals surface area contributed by atoms with Crippen molar-refractivity contribution < 1.29 is 14.1 Å². The number of fused-ring (bicyclic) bond motifs is 5. The van der Waals surface area contributed by atoms with E-state index in [9.17, 15) is 5.02 Å². The van der Waals surface area contributed by atoms with Gasteiger partial charge in [-0.15, -0.1) is 0 Å². The number of hydrogen-bond acceptors (Lipinski definition) is 4. The van der Waals surface area contributed by atoms with Crippen LogP contribution >= 0.6 is 0 Å². The second-order valence-corrected chi connectivity index (χ2v) is 11.0. The summed E-state index contributed by atoms with van der Waals surface area (Å²) in [7, 11) is 0.697. The highest BCUT2D eigenvalue weighted by atomic mass is 16.5.